The van der Waals surface area contributed by atoms with Crippen LogP contribution in [0.4, 0.5) is 4.79 Å². The zero-order valence-corrected chi connectivity index (χ0v) is 8.94. The van der Waals surface area contributed by atoms with E-state index < -0.39 is 6.09 Å². The average Bonchev–Trinajstić information content (AvgIpc) is 2.18. The van der Waals surface area contributed by atoms with Gasteiger partial charge in [-0.3, -0.25) is 10.3 Å². The number of rotatable bonds is 3. The van der Waals surface area contributed by atoms with E-state index in [1.165, 1.54) is 0 Å². The Kier molecular flexibility index (Phi) is 6.76. The number of hydrogen-bond acceptors (Lipinski definition) is 5. The molecule has 0 aliphatic carbocycles. The van der Waals surface area contributed by atoms with E-state index in [0.717, 1.165) is 6.34 Å². The zero-order valence-electron chi connectivity index (χ0n) is 8.13. The predicted octanol–water partition coefficient (Wildman–Crippen LogP) is -0.721. The fourth-order valence-electron chi connectivity index (χ4n) is 1.12. The number of nitrogens with one attached hydrogen (secondary N) is 1. The standard InChI is InChI=1S/C7H14N4O3.ClH/c8-3-6-4-11(1-2-14-6)10-5-9-7(12)13;/h5-6H,1-4,8H2,(H,9,10)(H,12,13);1H. The smallest absolute Gasteiger partial charge is 0.409 e. The predicted molar refractivity (Wildman–Crippen MR) is 57.3 cm³/mol. The van der Waals surface area contributed by atoms with Crippen LogP contribution in [0.15, 0.2) is 5.10 Å². The summed E-state index contributed by atoms with van der Waals surface area (Å²) < 4.78 is 5.31. The Hall–Kier alpha value is -1.05. The van der Waals surface area contributed by atoms with E-state index in [1.54, 1.807) is 5.01 Å². The van der Waals surface area contributed by atoms with Crippen molar-refractivity contribution >= 4 is 24.8 Å². The van der Waals surface area contributed by atoms with Gasteiger partial charge in [-0.1, -0.05) is 0 Å². The van der Waals surface area contributed by atoms with Crippen molar-refractivity contribution in [2.24, 2.45) is 10.8 Å². The summed E-state index contributed by atoms with van der Waals surface area (Å²) in [6.45, 7) is 2.24. The van der Waals surface area contributed by atoms with E-state index in [1.807, 2.05) is 5.32 Å². The lowest BCUT2D eigenvalue weighted by molar-refractivity contribution is -0.0221. The van der Waals surface area contributed by atoms with Gasteiger partial charge in [-0.25, -0.2) is 4.79 Å². The lowest BCUT2D eigenvalue weighted by Crippen LogP contribution is -2.43. The minimum atomic E-state index is -1.13. The van der Waals surface area contributed by atoms with Crippen molar-refractivity contribution in [3.8, 4) is 0 Å². The molecule has 1 rings (SSSR count). The Bertz CT molecular complexity index is 226. The van der Waals surface area contributed by atoms with Gasteiger partial charge in [-0.2, -0.15) is 5.10 Å². The maximum atomic E-state index is 10.1. The second-order valence-corrected chi connectivity index (χ2v) is 2.84. The molecule has 88 valence electrons. The third kappa shape index (κ3) is 5.40. The van der Waals surface area contributed by atoms with Crippen LogP contribution >= 0.6 is 12.4 Å². The Labute approximate surface area is 93.7 Å². The first-order valence-electron chi connectivity index (χ1n) is 4.31. The minimum Gasteiger partial charge on any atom is -0.465 e. The Morgan fingerprint density at radius 2 is 2.53 bits per heavy atom. The summed E-state index contributed by atoms with van der Waals surface area (Å²) in [4.78, 5) is 10.1. The summed E-state index contributed by atoms with van der Waals surface area (Å²) in [5.41, 5.74) is 5.43. The van der Waals surface area contributed by atoms with Gasteiger partial charge < -0.3 is 15.6 Å². The first kappa shape index (κ1) is 13.9. The first-order chi connectivity index (χ1) is 6.72. The highest BCUT2D eigenvalue weighted by Gasteiger charge is 2.17. The lowest BCUT2D eigenvalue weighted by atomic mass is 10.3. The van der Waals surface area contributed by atoms with Crippen molar-refractivity contribution in [2.75, 3.05) is 26.2 Å². The number of ether oxygens (including phenoxy) is 1. The minimum absolute atomic E-state index is 0. The van der Waals surface area contributed by atoms with Crippen molar-refractivity contribution < 1.29 is 14.6 Å². The molecule has 0 saturated carbocycles. The van der Waals surface area contributed by atoms with Crippen LogP contribution in [0.25, 0.3) is 0 Å². The molecule has 0 aromatic rings. The highest BCUT2D eigenvalue weighted by molar-refractivity contribution is 5.85. The molecule has 1 saturated heterocycles. The summed E-state index contributed by atoms with van der Waals surface area (Å²) in [6, 6.07) is 0. The summed E-state index contributed by atoms with van der Waals surface area (Å²) in [6.07, 6.45) is -0.00979. The Morgan fingerprint density at radius 3 is 3.13 bits per heavy atom. The van der Waals surface area contributed by atoms with Gasteiger partial charge in [0.05, 0.1) is 25.8 Å². The van der Waals surface area contributed by atoms with Gasteiger partial charge >= 0.3 is 6.09 Å². The van der Waals surface area contributed by atoms with Gasteiger partial charge in [0.2, 0.25) is 0 Å². The van der Waals surface area contributed by atoms with Crippen molar-refractivity contribution in [1.82, 2.24) is 10.3 Å². The Balaban J connectivity index is 0.00000196. The van der Waals surface area contributed by atoms with Gasteiger partial charge in [0, 0.05) is 6.54 Å². The molecule has 15 heavy (non-hydrogen) atoms. The molecule has 1 unspecified atom stereocenters. The topological polar surface area (TPSA) is 100 Å². The maximum absolute atomic E-state index is 10.1. The van der Waals surface area contributed by atoms with Gasteiger partial charge in [-0.15, -0.1) is 12.4 Å². The molecule has 1 aliphatic rings. The SMILES string of the molecule is Cl.NCC1CN(/N=C/NC(=O)O)CCO1. The third-order valence-electron chi connectivity index (χ3n) is 1.79. The fourth-order valence-corrected chi connectivity index (χ4v) is 1.12. The first-order valence-corrected chi connectivity index (χ1v) is 4.31. The van der Waals surface area contributed by atoms with Crippen molar-refractivity contribution in [3.05, 3.63) is 0 Å². The molecule has 8 heteroatoms. The maximum Gasteiger partial charge on any atom is 0.409 e. The van der Waals surface area contributed by atoms with E-state index in [4.69, 9.17) is 15.6 Å². The highest BCUT2D eigenvalue weighted by atomic mass is 35.5. The number of carboxylic acid groups (broad SMARTS) is 1. The number of hydrogen-bond donors (Lipinski definition) is 3. The molecule has 4 N–H and O–H groups in total. The number of halogens is 1. The number of morpholine rings is 1. The van der Waals surface area contributed by atoms with E-state index in [-0.39, 0.29) is 18.5 Å². The van der Waals surface area contributed by atoms with Gasteiger partial charge in [0.1, 0.15) is 6.34 Å². The normalized spacial score (nSPS) is 21.1. The van der Waals surface area contributed by atoms with Crippen LogP contribution in [0.1, 0.15) is 0 Å². The molecule has 0 aromatic heterocycles. The number of carbonyl (C=O) groups is 1. The largest absolute Gasteiger partial charge is 0.465 e. The Morgan fingerprint density at radius 1 is 1.80 bits per heavy atom. The molecular weight excluding hydrogens is 224 g/mol. The molecule has 0 radical (unpaired) electrons. The van der Waals surface area contributed by atoms with E-state index in [9.17, 15) is 4.79 Å². The van der Waals surface area contributed by atoms with Crippen molar-refractivity contribution in [1.29, 1.82) is 0 Å². The lowest BCUT2D eigenvalue weighted by Gasteiger charge is -2.29. The number of nitrogens with zero attached hydrogens (tertiary/aromatic N) is 2. The zero-order chi connectivity index (χ0) is 10.4. The molecule has 0 aromatic carbocycles. The molecular formula is C7H15ClN4O3. The van der Waals surface area contributed by atoms with Gasteiger partial charge in [0.25, 0.3) is 0 Å². The monoisotopic (exact) mass is 238 g/mol. The fraction of sp³-hybridized carbons (Fsp3) is 0.714. The van der Waals surface area contributed by atoms with Crippen LogP contribution in [0.2, 0.25) is 0 Å². The van der Waals surface area contributed by atoms with Crippen LogP contribution in [0.5, 0.6) is 0 Å². The summed E-state index contributed by atoms with van der Waals surface area (Å²) in [5.74, 6) is 0. The quantitative estimate of drug-likeness (QED) is 0.445. The average molecular weight is 239 g/mol. The highest BCUT2D eigenvalue weighted by Crippen LogP contribution is 2.03. The van der Waals surface area contributed by atoms with Crippen LogP contribution in [0.3, 0.4) is 0 Å². The van der Waals surface area contributed by atoms with Crippen molar-refractivity contribution in [2.45, 2.75) is 6.10 Å². The van der Waals surface area contributed by atoms with Gasteiger partial charge in [0.15, 0.2) is 0 Å². The molecule has 1 amide bonds. The molecule has 0 bridgehead atoms. The molecule has 1 heterocycles. The van der Waals surface area contributed by atoms with Crippen molar-refractivity contribution in [3.63, 3.8) is 0 Å². The second kappa shape index (κ2) is 7.27. The second-order valence-electron chi connectivity index (χ2n) is 2.84. The molecule has 1 fully saturated rings. The molecule has 1 aliphatic heterocycles. The summed E-state index contributed by atoms with van der Waals surface area (Å²) >= 11 is 0. The van der Waals surface area contributed by atoms with E-state index in [2.05, 4.69) is 5.10 Å². The van der Waals surface area contributed by atoms with Crippen LogP contribution in [-0.4, -0.2) is 54.9 Å². The number of amides is 1. The number of nitrogens with two attached hydrogens (primary N) is 1. The van der Waals surface area contributed by atoms with E-state index >= 15 is 0 Å². The summed E-state index contributed by atoms with van der Waals surface area (Å²) in [5, 5.41) is 15.9. The van der Waals surface area contributed by atoms with Crippen LogP contribution in [-0.2, 0) is 4.74 Å². The summed E-state index contributed by atoms with van der Waals surface area (Å²) in [7, 11) is 0. The number of hydrazone groups is 1. The molecule has 0 spiro atoms. The molecule has 7 nitrogen and oxygen atoms in total. The van der Waals surface area contributed by atoms with E-state index in [0.29, 0.717) is 26.2 Å². The molecule has 1 atom stereocenters. The third-order valence-corrected chi connectivity index (χ3v) is 1.79. The van der Waals surface area contributed by atoms with Crippen LogP contribution in [0, 0.1) is 0 Å². The van der Waals surface area contributed by atoms with Crippen LogP contribution < -0.4 is 11.1 Å². The van der Waals surface area contributed by atoms with Gasteiger partial charge in [-0.05, 0) is 0 Å².